The van der Waals surface area contributed by atoms with Crippen LogP contribution in [0.1, 0.15) is 36.2 Å². The highest BCUT2D eigenvalue weighted by atomic mass is 32.2. The fourth-order valence-electron chi connectivity index (χ4n) is 3.03. The molecule has 1 atom stereocenters. The Balaban J connectivity index is 1.62. The molecule has 3 aromatic rings. The zero-order valence-corrected chi connectivity index (χ0v) is 15.0. The van der Waals surface area contributed by atoms with Gasteiger partial charge in [0, 0.05) is 12.6 Å². The number of hydrogen-bond donors (Lipinski definition) is 1. The Bertz CT molecular complexity index is 931. The van der Waals surface area contributed by atoms with Crippen molar-refractivity contribution in [3.63, 3.8) is 0 Å². The molecule has 0 aliphatic carbocycles. The van der Waals surface area contributed by atoms with Crippen LogP contribution < -0.4 is 5.56 Å². The first kappa shape index (κ1) is 15.7. The summed E-state index contributed by atoms with van der Waals surface area (Å²) in [4.78, 5) is 24.3. The van der Waals surface area contributed by atoms with Gasteiger partial charge >= 0.3 is 0 Å². The van der Waals surface area contributed by atoms with Crippen molar-refractivity contribution in [1.29, 1.82) is 0 Å². The van der Waals surface area contributed by atoms with Crippen molar-refractivity contribution in [2.75, 3.05) is 12.8 Å². The first-order chi connectivity index (χ1) is 11.6. The highest BCUT2D eigenvalue weighted by molar-refractivity contribution is 8.00. The number of likely N-dealkylation sites (tertiary alicyclic amines) is 1. The molecule has 1 aliphatic rings. The SMILES string of the molecule is CSc1nn2c(=O)cc(CN3CCC[C@H]3c3n[nH]c(C)n3)nc2s1. The van der Waals surface area contributed by atoms with Crippen LogP contribution in [0.15, 0.2) is 15.2 Å². The number of aryl methyl sites for hydroxylation is 1. The van der Waals surface area contributed by atoms with Gasteiger partial charge in [0.15, 0.2) is 10.2 Å². The second-order valence-corrected chi connectivity index (χ2v) is 7.77. The van der Waals surface area contributed by atoms with Gasteiger partial charge in [-0.15, -0.1) is 5.10 Å². The minimum absolute atomic E-state index is 0.129. The summed E-state index contributed by atoms with van der Waals surface area (Å²) in [6.45, 7) is 3.48. The van der Waals surface area contributed by atoms with E-state index in [1.54, 1.807) is 6.07 Å². The van der Waals surface area contributed by atoms with Gasteiger partial charge < -0.3 is 0 Å². The van der Waals surface area contributed by atoms with Gasteiger partial charge in [-0.3, -0.25) is 14.8 Å². The Morgan fingerprint density at radius 1 is 1.46 bits per heavy atom. The lowest BCUT2D eigenvalue weighted by molar-refractivity contribution is 0.237. The molecule has 1 aliphatic heterocycles. The number of hydrogen-bond acceptors (Lipinski definition) is 8. The van der Waals surface area contributed by atoms with Crippen LogP contribution in [0.2, 0.25) is 0 Å². The molecule has 0 radical (unpaired) electrons. The van der Waals surface area contributed by atoms with Crippen molar-refractivity contribution in [3.8, 4) is 0 Å². The van der Waals surface area contributed by atoms with E-state index in [0.717, 1.165) is 41.1 Å². The molecule has 24 heavy (non-hydrogen) atoms. The van der Waals surface area contributed by atoms with Crippen LogP contribution in [0, 0.1) is 6.92 Å². The van der Waals surface area contributed by atoms with Gasteiger partial charge in [-0.25, -0.2) is 9.97 Å². The monoisotopic (exact) mass is 363 g/mol. The van der Waals surface area contributed by atoms with E-state index < -0.39 is 0 Å². The quantitative estimate of drug-likeness (QED) is 0.704. The van der Waals surface area contributed by atoms with Gasteiger partial charge in [0.05, 0.1) is 11.7 Å². The fourth-order valence-corrected chi connectivity index (χ4v) is 4.41. The molecule has 0 unspecified atom stereocenters. The smallest absolute Gasteiger partial charge is 0.275 e. The number of rotatable bonds is 4. The molecule has 0 saturated carbocycles. The Morgan fingerprint density at radius 2 is 2.33 bits per heavy atom. The topological polar surface area (TPSA) is 92.1 Å². The van der Waals surface area contributed by atoms with Gasteiger partial charge in [0.2, 0.25) is 4.96 Å². The van der Waals surface area contributed by atoms with Gasteiger partial charge in [-0.2, -0.15) is 9.61 Å². The normalized spacial score (nSPS) is 18.7. The maximum absolute atomic E-state index is 12.3. The lowest BCUT2D eigenvalue weighted by Crippen LogP contribution is -2.26. The lowest BCUT2D eigenvalue weighted by Gasteiger charge is -2.21. The minimum atomic E-state index is -0.129. The maximum atomic E-state index is 12.3. The molecule has 0 amide bonds. The molecule has 0 bridgehead atoms. The molecule has 1 saturated heterocycles. The van der Waals surface area contributed by atoms with Crippen LogP contribution in [0.5, 0.6) is 0 Å². The Morgan fingerprint density at radius 3 is 3.08 bits per heavy atom. The van der Waals surface area contributed by atoms with E-state index in [2.05, 4.69) is 30.2 Å². The number of thioether (sulfide) groups is 1. The third kappa shape index (κ3) is 2.85. The molecule has 0 spiro atoms. The molecule has 4 heterocycles. The molecule has 1 N–H and O–H groups in total. The second-order valence-electron chi connectivity index (χ2n) is 5.76. The van der Waals surface area contributed by atoms with E-state index in [1.807, 2.05) is 13.2 Å². The van der Waals surface area contributed by atoms with E-state index in [1.165, 1.54) is 27.6 Å². The third-order valence-corrected chi connectivity index (χ3v) is 5.98. The minimum Gasteiger partial charge on any atom is -0.287 e. The van der Waals surface area contributed by atoms with E-state index in [-0.39, 0.29) is 11.6 Å². The van der Waals surface area contributed by atoms with Crippen LogP contribution in [0.3, 0.4) is 0 Å². The number of nitrogens with one attached hydrogen (secondary N) is 1. The van der Waals surface area contributed by atoms with E-state index in [0.29, 0.717) is 11.5 Å². The lowest BCUT2D eigenvalue weighted by atomic mass is 10.2. The number of nitrogens with zero attached hydrogens (tertiary/aromatic N) is 6. The number of fused-ring (bicyclic) bond motifs is 1. The zero-order valence-electron chi connectivity index (χ0n) is 13.4. The van der Waals surface area contributed by atoms with Crippen molar-refractivity contribution in [2.24, 2.45) is 0 Å². The number of H-pyrrole nitrogens is 1. The summed E-state index contributed by atoms with van der Waals surface area (Å²) in [5, 5.41) is 11.5. The van der Waals surface area contributed by atoms with Gasteiger partial charge in [-0.05, 0) is 32.6 Å². The van der Waals surface area contributed by atoms with Crippen molar-refractivity contribution < 1.29 is 0 Å². The summed E-state index contributed by atoms with van der Waals surface area (Å²) in [6, 6.07) is 1.76. The summed E-state index contributed by atoms with van der Waals surface area (Å²) in [5.74, 6) is 1.65. The average molecular weight is 363 g/mol. The van der Waals surface area contributed by atoms with Crippen LogP contribution >= 0.6 is 23.1 Å². The van der Waals surface area contributed by atoms with Crippen LogP contribution in [0.4, 0.5) is 0 Å². The van der Waals surface area contributed by atoms with Crippen LogP contribution in [-0.2, 0) is 6.54 Å². The van der Waals surface area contributed by atoms with Crippen molar-refractivity contribution in [3.05, 3.63) is 33.8 Å². The van der Waals surface area contributed by atoms with Crippen LogP contribution in [0.25, 0.3) is 4.96 Å². The molecule has 1 fully saturated rings. The largest absolute Gasteiger partial charge is 0.287 e. The van der Waals surface area contributed by atoms with Crippen molar-refractivity contribution >= 4 is 28.1 Å². The molecular formula is C14H17N7OS2. The van der Waals surface area contributed by atoms with Gasteiger partial charge in [-0.1, -0.05) is 23.1 Å². The van der Waals surface area contributed by atoms with Gasteiger partial charge in [0.1, 0.15) is 5.82 Å². The van der Waals surface area contributed by atoms with E-state index in [9.17, 15) is 4.79 Å². The molecule has 8 nitrogen and oxygen atoms in total. The molecule has 4 rings (SSSR count). The average Bonchev–Trinajstić information content (AvgIpc) is 3.26. The highest BCUT2D eigenvalue weighted by Crippen LogP contribution is 2.31. The molecule has 3 aromatic heterocycles. The van der Waals surface area contributed by atoms with E-state index >= 15 is 0 Å². The first-order valence-corrected chi connectivity index (χ1v) is 9.75. The van der Waals surface area contributed by atoms with Crippen LogP contribution in [-0.4, -0.2) is 47.5 Å². The summed E-state index contributed by atoms with van der Waals surface area (Å²) in [6.07, 6.45) is 4.06. The van der Waals surface area contributed by atoms with E-state index in [4.69, 9.17) is 0 Å². The predicted octanol–water partition coefficient (Wildman–Crippen LogP) is 1.64. The van der Waals surface area contributed by atoms with Gasteiger partial charge in [0.25, 0.3) is 5.56 Å². The first-order valence-electron chi connectivity index (χ1n) is 7.71. The molecule has 0 aromatic carbocycles. The summed E-state index contributed by atoms with van der Waals surface area (Å²) in [5.41, 5.74) is 0.645. The predicted molar refractivity (Wildman–Crippen MR) is 92.4 cm³/mol. The fraction of sp³-hybridized carbons (Fsp3) is 0.500. The summed E-state index contributed by atoms with van der Waals surface area (Å²) in [7, 11) is 0. The number of aromatic nitrogens is 6. The molecule has 10 heteroatoms. The summed E-state index contributed by atoms with van der Waals surface area (Å²) >= 11 is 2.96. The summed E-state index contributed by atoms with van der Waals surface area (Å²) < 4.78 is 2.21. The van der Waals surface area contributed by atoms with Crippen molar-refractivity contribution in [2.45, 2.75) is 36.7 Å². The second kappa shape index (κ2) is 6.26. The molecular weight excluding hydrogens is 346 g/mol. The Labute approximate surface area is 146 Å². The third-order valence-electron chi connectivity index (χ3n) is 4.10. The Kier molecular flexibility index (Phi) is 4.10. The maximum Gasteiger partial charge on any atom is 0.275 e. The highest BCUT2D eigenvalue weighted by Gasteiger charge is 2.29. The van der Waals surface area contributed by atoms with Crippen molar-refractivity contribution in [1.82, 2.24) is 34.7 Å². The number of aromatic amines is 1. The zero-order chi connectivity index (χ0) is 16.7. The Hall–Kier alpha value is -1.78. The standard InChI is InChI=1S/C14H17N7OS2/c1-8-15-12(18-17-8)10-4-3-5-20(10)7-9-6-11(22)21-13(16-9)24-14(19-21)23-2/h6,10H,3-5,7H2,1-2H3,(H,15,17,18)/t10-/m0/s1. The molecule has 126 valence electrons.